The van der Waals surface area contributed by atoms with E-state index in [-0.39, 0.29) is 0 Å². The molecule has 0 amide bonds. The first kappa shape index (κ1) is 17.7. The first-order valence-electron chi connectivity index (χ1n) is 8.13. The standard InChI is InChI=1S/C21H20F3P/c1-16-13-14-17(21(22,23)24)15-20(16)25(2,18-9-5-3-6-10-18)19-11-7-4-8-12-19/h3-15,25H,1-2H3. The van der Waals surface area contributed by atoms with E-state index in [0.717, 1.165) is 21.5 Å². The molecule has 0 unspecified atom stereocenters. The molecule has 0 fully saturated rings. The third-order valence-electron chi connectivity index (χ3n) is 4.81. The quantitative estimate of drug-likeness (QED) is 0.596. The van der Waals surface area contributed by atoms with Crippen molar-refractivity contribution in [1.29, 1.82) is 0 Å². The van der Waals surface area contributed by atoms with Gasteiger partial charge in [-0.15, -0.1) is 0 Å². The second kappa shape index (κ2) is 6.65. The number of hydrogen-bond donors (Lipinski definition) is 0. The van der Waals surface area contributed by atoms with Crippen molar-refractivity contribution in [3.05, 3.63) is 90.0 Å². The minimum absolute atomic E-state index is 0.585. The molecular weight excluding hydrogens is 340 g/mol. The van der Waals surface area contributed by atoms with Crippen molar-refractivity contribution < 1.29 is 13.2 Å². The van der Waals surface area contributed by atoms with Crippen molar-refractivity contribution in [2.75, 3.05) is 6.66 Å². The van der Waals surface area contributed by atoms with Crippen LogP contribution < -0.4 is 15.9 Å². The topological polar surface area (TPSA) is 0 Å². The van der Waals surface area contributed by atoms with Gasteiger partial charge in [0, 0.05) is 0 Å². The van der Waals surface area contributed by atoms with Crippen LogP contribution >= 0.6 is 7.26 Å². The summed E-state index contributed by atoms with van der Waals surface area (Å²) in [7, 11) is -2.53. The normalized spacial score (nSPS) is 12.8. The van der Waals surface area contributed by atoms with Gasteiger partial charge in [0.25, 0.3) is 0 Å². The Hall–Kier alpha value is -2.12. The molecule has 0 aliphatic carbocycles. The van der Waals surface area contributed by atoms with Gasteiger partial charge < -0.3 is 0 Å². The molecule has 0 aliphatic rings. The molecule has 0 N–H and O–H groups in total. The number of halogens is 3. The van der Waals surface area contributed by atoms with Crippen LogP contribution in [0.15, 0.2) is 78.9 Å². The van der Waals surface area contributed by atoms with Crippen molar-refractivity contribution in [1.82, 2.24) is 0 Å². The van der Waals surface area contributed by atoms with Crippen LogP contribution in [0, 0.1) is 6.92 Å². The molecule has 0 aliphatic heterocycles. The summed E-state index contributed by atoms with van der Waals surface area (Å²) in [6, 6.07) is 23.9. The summed E-state index contributed by atoms with van der Waals surface area (Å²) in [6.07, 6.45) is -4.34. The van der Waals surface area contributed by atoms with E-state index in [9.17, 15) is 13.2 Å². The average Bonchev–Trinajstić information content (AvgIpc) is 2.62. The average molecular weight is 360 g/mol. The van der Waals surface area contributed by atoms with Gasteiger partial charge in [-0.25, -0.2) is 0 Å². The molecular formula is C21H20F3P. The number of rotatable bonds is 3. The Labute approximate surface area is 146 Å². The third kappa shape index (κ3) is 3.34. The molecule has 4 heteroatoms. The van der Waals surface area contributed by atoms with Gasteiger partial charge in [-0.3, -0.25) is 0 Å². The first-order chi connectivity index (χ1) is 11.8. The first-order valence-corrected chi connectivity index (χ1v) is 10.6. The van der Waals surface area contributed by atoms with Gasteiger partial charge in [-0.05, 0) is 0 Å². The maximum atomic E-state index is 13.3. The Morgan fingerprint density at radius 3 is 1.64 bits per heavy atom. The molecule has 0 nitrogen and oxygen atoms in total. The van der Waals surface area contributed by atoms with E-state index in [1.165, 1.54) is 12.1 Å². The number of alkyl halides is 3. The van der Waals surface area contributed by atoms with E-state index in [1.54, 1.807) is 6.07 Å². The van der Waals surface area contributed by atoms with E-state index >= 15 is 0 Å². The summed E-state index contributed by atoms with van der Waals surface area (Å²) in [5.74, 6) is 0. The van der Waals surface area contributed by atoms with Crippen LogP contribution in [0.2, 0.25) is 0 Å². The van der Waals surface area contributed by atoms with E-state index in [4.69, 9.17) is 0 Å². The molecule has 0 radical (unpaired) electrons. The summed E-state index contributed by atoms with van der Waals surface area (Å²) in [5.41, 5.74) is 0.313. The summed E-state index contributed by atoms with van der Waals surface area (Å²) < 4.78 is 39.9. The second-order valence-electron chi connectivity index (χ2n) is 6.38. The fourth-order valence-electron chi connectivity index (χ4n) is 3.36. The minimum atomic E-state index is -4.34. The summed E-state index contributed by atoms with van der Waals surface area (Å²) in [6.45, 7) is 4.02. The number of benzene rings is 3. The molecule has 25 heavy (non-hydrogen) atoms. The van der Waals surface area contributed by atoms with Crippen LogP contribution in [-0.2, 0) is 6.18 Å². The Morgan fingerprint density at radius 1 is 0.720 bits per heavy atom. The van der Waals surface area contributed by atoms with E-state index in [1.807, 2.05) is 67.6 Å². The number of hydrogen-bond acceptors (Lipinski definition) is 0. The molecule has 0 saturated heterocycles. The zero-order valence-electron chi connectivity index (χ0n) is 14.1. The predicted molar refractivity (Wildman–Crippen MR) is 102 cm³/mol. The van der Waals surface area contributed by atoms with Gasteiger partial charge in [0.2, 0.25) is 0 Å². The molecule has 0 aromatic heterocycles. The van der Waals surface area contributed by atoms with Crippen LogP contribution in [0.3, 0.4) is 0 Å². The van der Waals surface area contributed by atoms with Crippen molar-refractivity contribution in [3.8, 4) is 0 Å². The molecule has 3 aromatic carbocycles. The van der Waals surface area contributed by atoms with Gasteiger partial charge in [-0.2, -0.15) is 0 Å². The second-order valence-corrected chi connectivity index (χ2v) is 10.3. The van der Waals surface area contributed by atoms with Gasteiger partial charge in [0.05, 0.1) is 0 Å². The fraction of sp³-hybridized carbons (Fsp3) is 0.143. The van der Waals surface area contributed by atoms with Crippen molar-refractivity contribution in [2.24, 2.45) is 0 Å². The van der Waals surface area contributed by atoms with Crippen molar-refractivity contribution in [2.45, 2.75) is 13.1 Å². The van der Waals surface area contributed by atoms with Gasteiger partial charge in [0.1, 0.15) is 0 Å². The molecule has 0 spiro atoms. The van der Waals surface area contributed by atoms with Crippen LogP contribution in [0.4, 0.5) is 13.2 Å². The van der Waals surface area contributed by atoms with Crippen LogP contribution in [0.25, 0.3) is 0 Å². The molecule has 3 aromatic rings. The van der Waals surface area contributed by atoms with Crippen LogP contribution in [-0.4, -0.2) is 6.66 Å². The SMILES string of the molecule is Cc1ccc(C(F)(F)F)cc1[PH](C)(c1ccccc1)c1ccccc1. The molecule has 0 heterocycles. The van der Waals surface area contributed by atoms with Gasteiger partial charge in [0.15, 0.2) is 0 Å². The molecule has 0 bridgehead atoms. The Kier molecular flexibility index (Phi) is 4.71. The Balaban J connectivity index is 2.31. The molecule has 3 rings (SSSR count). The van der Waals surface area contributed by atoms with Crippen molar-refractivity contribution >= 4 is 23.2 Å². The van der Waals surface area contributed by atoms with Gasteiger partial charge >= 0.3 is 146 Å². The zero-order valence-corrected chi connectivity index (χ0v) is 15.1. The van der Waals surface area contributed by atoms with E-state index < -0.39 is 19.0 Å². The van der Waals surface area contributed by atoms with E-state index in [0.29, 0.717) is 0 Å². The van der Waals surface area contributed by atoms with E-state index in [2.05, 4.69) is 6.66 Å². The van der Waals surface area contributed by atoms with Crippen LogP contribution in [0.5, 0.6) is 0 Å². The maximum absolute atomic E-state index is 13.3. The number of aryl methyl sites for hydroxylation is 1. The summed E-state index contributed by atoms with van der Waals surface area (Å²) >= 11 is 0. The Morgan fingerprint density at radius 2 is 1.20 bits per heavy atom. The monoisotopic (exact) mass is 360 g/mol. The molecule has 0 saturated carbocycles. The van der Waals surface area contributed by atoms with Crippen LogP contribution in [0.1, 0.15) is 11.1 Å². The third-order valence-corrected chi connectivity index (χ3v) is 9.40. The summed E-state index contributed by atoms with van der Waals surface area (Å²) in [5, 5.41) is 3.01. The Bertz CT molecular complexity index is 816. The fourth-order valence-corrected chi connectivity index (χ4v) is 7.35. The van der Waals surface area contributed by atoms with Gasteiger partial charge in [-0.1, -0.05) is 0 Å². The summed E-state index contributed by atoms with van der Waals surface area (Å²) in [4.78, 5) is 0. The van der Waals surface area contributed by atoms with Crippen molar-refractivity contribution in [3.63, 3.8) is 0 Å². The predicted octanol–water partition coefficient (Wildman–Crippen LogP) is 4.67. The molecule has 130 valence electrons. The molecule has 0 atom stereocenters. The zero-order chi connectivity index (χ0) is 18.1.